The highest BCUT2D eigenvalue weighted by Gasteiger charge is 2.18. The molecule has 1 aliphatic carbocycles. The smallest absolute Gasteiger partial charge is 0.0791 e. The first-order valence-electron chi connectivity index (χ1n) is 8.38. The molecule has 0 bridgehead atoms. The Morgan fingerprint density at radius 2 is 1.57 bits per heavy atom. The zero-order chi connectivity index (χ0) is 15.7. The summed E-state index contributed by atoms with van der Waals surface area (Å²) in [6, 6.07) is 13.6. The van der Waals surface area contributed by atoms with Crippen LogP contribution in [0.3, 0.4) is 0 Å². The lowest BCUT2D eigenvalue weighted by Crippen LogP contribution is -1.94. The van der Waals surface area contributed by atoms with E-state index in [1.165, 1.54) is 61.3 Å². The summed E-state index contributed by atoms with van der Waals surface area (Å²) in [6.07, 6.45) is 2.33. The number of aryl methyl sites for hydroxylation is 5. The van der Waals surface area contributed by atoms with E-state index in [4.69, 9.17) is 4.98 Å². The molecule has 0 saturated heterocycles. The molecule has 1 aromatic heterocycles. The fourth-order valence-corrected chi connectivity index (χ4v) is 4.37. The third-order valence-corrected chi connectivity index (χ3v) is 5.44. The summed E-state index contributed by atoms with van der Waals surface area (Å²) in [5, 5.41) is 5.41. The van der Waals surface area contributed by atoms with E-state index >= 15 is 0 Å². The molecule has 112 valence electrons. The second-order valence-electron chi connectivity index (χ2n) is 6.99. The van der Waals surface area contributed by atoms with Gasteiger partial charge in [-0.25, -0.2) is 4.98 Å². The normalized spacial score (nSPS) is 13.5. The second-order valence-corrected chi connectivity index (χ2v) is 6.99. The molecule has 23 heavy (non-hydrogen) atoms. The Kier molecular flexibility index (Phi) is 2.45. The van der Waals surface area contributed by atoms with Gasteiger partial charge in [0.2, 0.25) is 0 Å². The predicted octanol–water partition coefficient (Wildman–Crippen LogP) is 5.57. The summed E-state index contributed by atoms with van der Waals surface area (Å²) in [5.74, 6) is 0. The molecule has 1 aliphatic rings. The Hall–Kier alpha value is -2.41. The number of hydrogen-bond donors (Lipinski definition) is 0. The second kappa shape index (κ2) is 4.32. The molecule has 1 nitrogen and oxygen atoms in total. The predicted molar refractivity (Wildman–Crippen MR) is 98.4 cm³/mol. The summed E-state index contributed by atoms with van der Waals surface area (Å²) in [4.78, 5) is 5.12. The van der Waals surface area contributed by atoms with Crippen molar-refractivity contribution in [1.82, 2.24) is 4.98 Å². The van der Waals surface area contributed by atoms with Crippen molar-refractivity contribution in [2.45, 2.75) is 33.6 Å². The highest BCUT2D eigenvalue weighted by atomic mass is 14.7. The molecule has 1 heteroatoms. The van der Waals surface area contributed by atoms with Crippen LogP contribution in [0.5, 0.6) is 0 Å². The number of aromatic nitrogens is 1. The number of hydrogen-bond acceptors (Lipinski definition) is 1. The van der Waals surface area contributed by atoms with E-state index in [2.05, 4.69) is 57.2 Å². The Balaban J connectivity index is 2.08. The van der Waals surface area contributed by atoms with Crippen LogP contribution in [0.1, 0.15) is 27.8 Å². The number of nitrogens with zero attached hydrogens (tertiary/aromatic N) is 1. The molecule has 0 saturated carbocycles. The van der Waals surface area contributed by atoms with Gasteiger partial charge in [-0.3, -0.25) is 0 Å². The van der Waals surface area contributed by atoms with Crippen molar-refractivity contribution in [1.29, 1.82) is 0 Å². The summed E-state index contributed by atoms with van der Waals surface area (Å²) in [6.45, 7) is 6.60. The quantitative estimate of drug-likeness (QED) is 0.305. The fraction of sp³-hybridized carbons (Fsp3) is 0.227. The van der Waals surface area contributed by atoms with Crippen LogP contribution in [0.25, 0.3) is 32.6 Å². The first kappa shape index (κ1) is 13.1. The molecule has 4 aromatic rings. The van der Waals surface area contributed by atoms with Crippen molar-refractivity contribution < 1.29 is 0 Å². The first-order valence-corrected chi connectivity index (χ1v) is 8.38. The van der Waals surface area contributed by atoms with Crippen molar-refractivity contribution in [3.05, 3.63) is 64.2 Å². The van der Waals surface area contributed by atoms with Gasteiger partial charge in [0.25, 0.3) is 0 Å². The van der Waals surface area contributed by atoms with Gasteiger partial charge in [0.1, 0.15) is 0 Å². The number of rotatable bonds is 0. The summed E-state index contributed by atoms with van der Waals surface area (Å²) >= 11 is 0. The van der Waals surface area contributed by atoms with Gasteiger partial charge in [0, 0.05) is 16.2 Å². The van der Waals surface area contributed by atoms with Crippen LogP contribution in [0.4, 0.5) is 0 Å². The lowest BCUT2D eigenvalue weighted by molar-refractivity contribution is 1.03. The standard InChI is InChI=1S/C22H19N/c1-12-9-13(2)21-18(10-12)14(3)19-11-16-8-7-15-5-4-6-17(20(15)16)22(19)23-21/h4-6,9-11H,7-8H2,1-3H3. The summed E-state index contributed by atoms with van der Waals surface area (Å²) in [7, 11) is 0. The van der Waals surface area contributed by atoms with Gasteiger partial charge in [0.15, 0.2) is 0 Å². The highest BCUT2D eigenvalue weighted by molar-refractivity contribution is 6.13. The molecular formula is C22H19N. The van der Waals surface area contributed by atoms with E-state index < -0.39 is 0 Å². The Morgan fingerprint density at radius 1 is 0.783 bits per heavy atom. The van der Waals surface area contributed by atoms with Crippen LogP contribution in [0.2, 0.25) is 0 Å². The Bertz CT molecular complexity index is 1140. The maximum Gasteiger partial charge on any atom is 0.0791 e. The van der Waals surface area contributed by atoms with Gasteiger partial charge in [-0.1, -0.05) is 29.8 Å². The van der Waals surface area contributed by atoms with E-state index in [1.807, 2.05) is 0 Å². The number of fused-ring (bicyclic) bond motifs is 3. The van der Waals surface area contributed by atoms with E-state index in [1.54, 1.807) is 0 Å². The van der Waals surface area contributed by atoms with Crippen LogP contribution < -0.4 is 0 Å². The van der Waals surface area contributed by atoms with Gasteiger partial charge in [-0.05, 0) is 73.4 Å². The highest BCUT2D eigenvalue weighted by Crippen LogP contribution is 2.38. The molecule has 0 N–H and O–H groups in total. The average molecular weight is 297 g/mol. The number of benzene rings is 3. The maximum atomic E-state index is 5.12. The zero-order valence-electron chi connectivity index (χ0n) is 13.8. The van der Waals surface area contributed by atoms with Gasteiger partial charge >= 0.3 is 0 Å². The van der Waals surface area contributed by atoms with E-state index in [-0.39, 0.29) is 0 Å². The minimum atomic E-state index is 1.15. The van der Waals surface area contributed by atoms with Crippen LogP contribution in [0, 0.1) is 20.8 Å². The van der Waals surface area contributed by atoms with Crippen LogP contribution in [-0.2, 0) is 12.8 Å². The lowest BCUT2D eigenvalue weighted by atomic mass is 9.95. The molecule has 1 heterocycles. The third-order valence-electron chi connectivity index (χ3n) is 5.44. The molecule has 3 aromatic carbocycles. The minimum absolute atomic E-state index is 1.15. The first-order chi connectivity index (χ1) is 11.1. The van der Waals surface area contributed by atoms with Crippen LogP contribution >= 0.6 is 0 Å². The topological polar surface area (TPSA) is 12.9 Å². The van der Waals surface area contributed by atoms with Gasteiger partial charge in [-0.15, -0.1) is 0 Å². The van der Waals surface area contributed by atoms with Gasteiger partial charge < -0.3 is 0 Å². The van der Waals surface area contributed by atoms with Gasteiger partial charge in [-0.2, -0.15) is 0 Å². The summed E-state index contributed by atoms with van der Waals surface area (Å²) in [5.41, 5.74) is 9.26. The van der Waals surface area contributed by atoms with Crippen LogP contribution in [-0.4, -0.2) is 4.98 Å². The largest absolute Gasteiger partial charge is 0.247 e. The SMILES string of the molecule is Cc1cc(C)c2nc3c(cc4c5c(cccc53)CC4)c(C)c2c1. The third kappa shape index (κ3) is 1.65. The van der Waals surface area contributed by atoms with Crippen molar-refractivity contribution in [2.75, 3.05) is 0 Å². The van der Waals surface area contributed by atoms with Crippen LogP contribution in [0.15, 0.2) is 36.4 Å². The molecule has 0 spiro atoms. The van der Waals surface area contributed by atoms with Crippen molar-refractivity contribution in [3.8, 4) is 0 Å². The minimum Gasteiger partial charge on any atom is -0.247 e. The maximum absolute atomic E-state index is 5.12. The van der Waals surface area contributed by atoms with E-state index in [0.29, 0.717) is 0 Å². The molecule has 0 amide bonds. The molecule has 5 rings (SSSR count). The molecule has 0 aliphatic heterocycles. The van der Waals surface area contributed by atoms with E-state index in [9.17, 15) is 0 Å². The van der Waals surface area contributed by atoms with Gasteiger partial charge in [0.05, 0.1) is 11.0 Å². The molecular weight excluding hydrogens is 278 g/mol. The Labute approximate surface area is 136 Å². The summed E-state index contributed by atoms with van der Waals surface area (Å²) < 4.78 is 0. The van der Waals surface area contributed by atoms with Crippen molar-refractivity contribution in [2.24, 2.45) is 0 Å². The van der Waals surface area contributed by atoms with E-state index in [0.717, 1.165) is 11.9 Å². The molecule has 0 radical (unpaired) electrons. The monoisotopic (exact) mass is 297 g/mol. The molecule has 0 unspecified atom stereocenters. The number of pyridine rings is 1. The van der Waals surface area contributed by atoms with Crippen molar-refractivity contribution in [3.63, 3.8) is 0 Å². The fourth-order valence-electron chi connectivity index (χ4n) is 4.37. The lowest BCUT2D eigenvalue weighted by Gasteiger charge is -2.13. The zero-order valence-corrected chi connectivity index (χ0v) is 13.8. The van der Waals surface area contributed by atoms with Crippen molar-refractivity contribution >= 4 is 32.6 Å². The Morgan fingerprint density at radius 3 is 2.43 bits per heavy atom. The molecule has 0 atom stereocenters. The average Bonchev–Trinajstić information content (AvgIpc) is 2.94. The molecule has 0 fully saturated rings.